The highest BCUT2D eigenvalue weighted by atomic mass is 32.1. The number of hydrogen-bond donors (Lipinski definition) is 2. The third-order valence-electron chi connectivity index (χ3n) is 6.58. The molecule has 35 heavy (non-hydrogen) atoms. The molecule has 1 aliphatic rings. The van der Waals surface area contributed by atoms with Crippen LogP contribution in [0.15, 0.2) is 66.0 Å². The Morgan fingerprint density at radius 1 is 0.971 bits per heavy atom. The molecule has 0 spiro atoms. The molecule has 180 valence electrons. The number of para-hydroxylation sites is 2. The lowest BCUT2D eigenvalue weighted by molar-refractivity contribution is -0.116. The van der Waals surface area contributed by atoms with Crippen molar-refractivity contribution in [2.24, 2.45) is 0 Å². The maximum Gasteiger partial charge on any atom is 0.258 e. The lowest BCUT2D eigenvalue weighted by Gasteiger charge is -2.25. The van der Waals surface area contributed by atoms with Crippen LogP contribution in [0.3, 0.4) is 0 Å². The van der Waals surface area contributed by atoms with Gasteiger partial charge in [0.2, 0.25) is 11.9 Å². The van der Waals surface area contributed by atoms with E-state index in [-0.39, 0.29) is 11.8 Å². The molecule has 0 aliphatic heterocycles. The van der Waals surface area contributed by atoms with Gasteiger partial charge in [0, 0.05) is 28.6 Å². The maximum absolute atomic E-state index is 13.2. The van der Waals surface area contributed by atoms with Crippen LogP contribution in [-0.4, -0.2) is 21.4 Å². The number of nitrogens with zero attached hydrogens (tertiary/aromatic N) is 2. The van der Waals surface area contributed by atoms with E-state index in [0.717, 1.165) is 36.7 Å². The number of aromatic nitrogens is 2. The molecule has 6 nitrogen and oxygen atoms in total. The van der Waals surface area contributed by atoms with Crippen molar-refractivity contribution in [1.29, 1.82) is 0 Å². The van der Waals surface area contributed by atoms with E-state index in [9.17, 15) is 9.59 Å². The van der Waals surface area contributed by atoms with Crippen molar-refractivity contribution in [3.05, 3.63) is 76.5 Å². The lowest BCUT2D eigenvalue weighted by atomic mass is 9.95. The Labute approximate surface area is 209 Å². The van der Waals surface area contributed by atoms with Crippen molar-refractivity contribution in [2.75, 3.05) is 10.6 Å². The van der Waals surface area contributed by atoms with Crippen LogP contribution in [-0.2, 0) is 11.2 Å². The molecule has 2 N–H and O–H groups in total. The Balaban J connectivity index is 1.27. The van der Waals surface area contributed by atoms with Crippen molar-refractivity contribution in [3.8, 4) is 0 Å². The van der Waals surface area contributed by atoms with E-state index in [0.29, 0.717) is 29.7 Å². The van der Waals surface area contributed by atoms with Crippen molar-refractivity contribution in [3.63, 3.8) is 0 Å². The van der Waals surface area contributed by atoms with Crippen LogP contribution in [0.5, 0.6) is 0 Å². The number of thiophene rings is 1. The molecule has 2 aromatic heterocycles. The highest BCUT2D eigenvalue weighted by Crippen LogP contribution is 2.34. The van der Waals surface area contributed by atoms with Crippen LogP contribution in [0.2, 0.25) is 0 Å². The number of benzene rings is 2. The topological polar surface area (TPSA) is 76.0 Å². The number of fused-ring (bicyclic) bond motifs is 1. The molecule has 4 aromatic rings. The molecule has 1 aliphatic carbocycles. The number of nitrogens with one attached hydrogen (secondary N) is 2. The fraction of sp³-hybridized carbons (Fsp3) is 0.321. The van der Waals surface area contributed by atoms with Crippen LogP contribution in [0.4, 0.5) is 11.6 Å². The second-order valence-corrected chi connectivity index (χ2v) is 10.1. The molecule has 1 fully saturated rings. The van der Waals surface area contributed by atoms with Gasteiger partial charge in [0.1, 0.15) is 0 Å². The minimum atomic E-state index is -0.230. The van der Waals surface area contributed by atoms with Crippen LogP contribution in [0.25, 0.3) is 11.0 Å². The number of carbonyl (C=O) groups excluding carboxylic acids is 2. The first kappa shape index (κ1) is 23.3. The molecule has 1 saturated carbocycles. The first-order valence-corrected chi connectivity index (χ1v) is 13.3. The van der Waals surface area contributed by atoms with Crippen molar-refractivity contribution in [1.82, 2.24) is 9.55 Å². The lowest BCUT2D eigenvalue weighted by Crippen LogP contribution is -2.20. The van der Waals surface area contributed by atoms with Crippen LogP contribution < -0.4 is 10.6 Å². The van der Waals surface area contributed by atoms with E-state index >= 15 is 0 Å². The molecule has 5 rings (SSSR count). The highest BCUT2D eigenvalue weighted by molar-refractivity contribution is 7.09. The summed E-state index contributed by atoms with van der Waals surface area (Å²) in [5.41, 5.74) is 3.05. The third-order valence-corrected chi connectivity index (χ3v) is 7.51. The first-order chi connectivity index (χ1) is 17.2. The first-order valence-electron chi connectivity index (χ1n) is 12.4. The number of carbonyl (C=O) groups is 2. The predicted molar refractivity (Wildman–Crippen MR) is 142 cm³/mol. The van der Waals surface area contributed by atoms with Gasteiger partial charge < -0.3 is 9.88 Å². The Hall–Kier alpha value is -3.45. The molecule has 7 heteroatoms. The molecule has 0 unspecified atom stereocenters. The molecule has 0 saturated heterocycles. The normalized spacial score (nSPS) is 14.2. The zero-order chi connectivity index (χ0) is 24.0. The zero-order valence-electron chi connectivity index (χ0n) is 19.7. The van der Waals surface area contributed by atoms with Crippen molar-refractivity contribution in [2.45, 2.75) is 57.4 Å². The summed E-state index contributed by atoms with van der Waals surface area (Å²) in [5.74, 6) is 0.315. The summed E-state index contributed by atoms with van der Waals surface area (Å²) in [6.45, 7) is 0. The van der Waals surface area contributed by atoms with Gasteiger partial charge in [-0.25, -0.2) is 4.98 Å². The Morgan fingerprint density at radius 3 is 2.66 bits per heavy atom. The van der Waals surface area contributed by atoms with Gasteiger partial charge in [0.05, 0.1) is 11.0 Å². The van der Waals surface area contributed by atoms with Gasteiger partial charge in [-0.1, -0.05) is 43.5 Å². The number of hydrogen-bond acceptors (Lipinski definition) is 4. The van der Waals surface area contributed by atoms with Gasteiger partial charge in [-0.3, -0.25) is 14.9 Å². The standard InChI is InChI=1S/C28H30N4O2S/c33-26(17-7-13-23-14-8-18-35-23)29-21-10-6-9-20(19-21)27(34)31-28-30-24-15-4-5-16-25(24)32(28)22-11-2-1-3-12-22/h4-6,8-10,14-16,18-19,22H,1-3,7,11-13,17H2,(H,29,33)(H,30,31,34). The largest absolute Gasteiger partial charge is 0.326 e. The van der Waals surface area contributed by atoms with Crippen LogP contribution >= 0.6 is 11.3 Å². The van der Waals surface area contributed by atoms with E-state index in [1.165, 1.54) is 24.1 Å². The quantitative estimate of drug-likeness (QED) is 0.287. The van der Waals surface area contributed by atoms with Gasteiger partial charge in [0.15, 0.2) is 0 Å². The molecule has 2 aromatic carbocycles. The van der Waals surface area contributed by atoms with Crippen LogP contribution in [0.1, 0.15) is 66.2 Å². The number of imidazole rings is 1. The average molecular weight is 487 g/mol. The third kappa shape index (κ3) is 5.62. The summed E-state index contributed by atoms with van der Waals surface area (Å²) in [4.78, 5) is 31.6. The second-order valence-electron chi connectivity index (χ2n) is 9.10. The summed E-state index contributed by atoms with van der Waals surface area (Å²) in [7, 11) is 0. The number of rotatable bonds is 8. The average Bonchev–Trinajstić information content (AvgIpc) is 3.52. The molecular weight excluding hydrogens is 456 g/mol. The van der Waals surface area contributed by atoms with E-state index in [1.54, 1.807) is 29.5 Å². The summed E-state index contributed by atoms with van der Waals surface area (Å²) < 4.78 is 2.20. The van der Waals surface area contributed by atoms with Gasteiger partial charge >= 0.3 is 0 Å². The fourth-order valence-electron chi connectivity index (χ4n) is 4.85. The summed E-state index contributed by atoms with van der Waals surface area (Å²) >= 11 is 1.71. The van der Waals surface area contributed by atoms with E-state index in [4.69, 9.17) is 4.98 Å². The van der Waals surface area contributed by atoms with Crippen molar-refractivity contribution >= 4 is 45.8 Å². The fourth-order valence-corrected chi connectivity index (χ4v) is 5.61. The zero-order valence-corrected chi connectivity index (χ0v) is 20.5. The molecule has 2 heterocycles. The van der Waals surface area contributed by atoms with Crippen molar-refractivity contribution < 1.29 is 9.59 Å². The summed E-state index contributed by atoms with van der Waals surface area (Å²) in [5, 5.41) is 8.03. The smallest absolute Gasteiger partial charge is 0.258 e. The number of anilines is 2. The van der Waals surface area contributed by atoms with E-state index < -0.39 is 0 Å². The molecular formula is C28H30N4O2S. The Kier molecular flexibility index (Phi) is 7.23. The number of amides is 2. The monoisotopic (exact) mass is 486 g/mol. The Bertz CT molecular complexity index is 1310. The summed E-state index contributed by atoms with van der Waals surface area (Å²) in [6, 6.07) is 19.6. The SMILES string of the molecule is O=C(CCCc1cccs1)Nc1cccc(C(=O)Nc2nc3ccccc3n2C2CCCCC2)c1. The maximum atomic E-state index is 13.2. The molecule has 0 atom stereocenters. The molecule has 2 amide bonds. The van der Waals surface area contributed by atoms with Gasteiger partial charge in [0.25, 0.3) is 5.91 Å². The van der Waals surface area contributed by atoms with Crippen LogP contribution in [0, 0.1) is 0 Å². The summed E-state index contributed by atoms with van der Waals surface area (Å²) in [6.07, 6.45) is 7.98. The Morgan fingerprint density at radius 2 is 1.83 bits per heavy atom. The molecule has 0 bridgehead atoms. The molecule has 0 radical (unpaired) electrons. The minimum absolute atomic E-state index is 0.0433. The predicted octanol–water partition coefficient (Wildman–Crippen LogP) is 6.82. The highest BCUT2D eigenvalue weighted by Gasteiger charge is 2.22. The van der Waals surface area contributed by atoms with Gasteiger partial charge in [-0.05, 0) is 67.5 Å². The van der Waals surface area contributed by atoms with E-state index in [2.05, 4.69) is 32.7 Å². The van der Waals surface area contributed by atoms with Gasteiger partial charge in [-0.2, -0.15) is 0 Å². The minimum Gasteiger partial charge on any atom is -0.326 e. The second kappa shape index (κ2) is 10.9. The van der Waals surface area contributed by atoms with E-state index in [1.807, 2.05) is 30.3 Å². The number of aryl methyl sites for hydroxylation is 1. The van der Waals surface area contributed by atoms with Gasteiger partial charge in [-0.15, -0.1) is 11.3 Å².